The molecule has 0 spiro atoms. The van der Waals surface area contributed by atoms with E-state index < -0.39 is 0 Å². The fourth-order valence-corrected chi connectivity index (χ4v) is 5.24. The standard InChI is InChI=1S/C27H26FN3O2S/c1-2-33-24(32)12-15-29-17-18-8-9-20(21(28)16-18)25-30-22-10-11-23(31-26(22)34-25)27(13-14-27)19-6-4-3-5-7-19/h3-11,16,29H,2,12-15,17H2,1H3. The van der Waals surface area contributed by atoms with E-state index in [-0.39, 0.29) is 17.2 Å². The lowest BCUT2D eigenvalue weighted by Gasteiger charge is -2.14. The predicted molar refractivity (Wildman–Crippen MR) is 132 cm³/mol. The van der Waals surface area contributed by atoms with E-state index in [1.807, 2.05) is 18.2 Å². The van der Waals surface area contributed by atoms with Crippen LogP contribution in [0.25, 0.3) is 20.9 Å². The molecule has 1 fully saturated rings. The highest BCUT2D eigenvalue weighted by Crippen LogP contribution is 2.53. The van der Waals surface area contributed by atoms with E-state index in [9.17, 15) is 9.18 Å². The molecule has 0 bridgehead atoms. The minimum Gasteiger partial charge on any atom is -0.466 e. The molecule has 5 nitrogen and oxygen atoms in total. The van der Waals surface area contributed by atoms with Crippen LogP contribution in [-0.4, -0.2) is 29.1 Å². The van der Waals surface area contributed by atoms with Crippen LogP contribution in [0.5, 0.6) is 0 Å². The first-order valence-electron chi connectivity index (χ1n) is 11.6. The lowest BCUT2D eigenvalue weighted by molar-refractivity contribution is -0.142. The average Bonchev–Trinajstić information content (AvgIpc) is 3.55. The van der Waals surface area contributed by atoms with E-state index in [4.69, 9.17) is 9.72 Å². The average molecular weight is 476 g/mol. The van der Waals surface area contributed by atoms with Gasteiger partial charge in [0.15, 0.2) is 0 Å². The largest absolute Gasteiger partial charge is 0.466 e. The van der Waals surface area contributed by atoms with Crippen LogP contribution in [0.2, 0.25) is 0 Å². The Hall–Kier alpha value is -3.16. The summed E-state index contributed by atoms with van der Waals surface area (Å²) >= 11 is 1.42. The molecule has 0 amide bonds. The first-order chi connectivity index (χ1) is 16.6. The minimum atomic E-state index is -0.313. The molecule has 1 aliphatic rings. The highest BCUT2D eigenvalue weighted by molar-refractivity contribution is 7.21. The number of fused-ring (bicyclic) bond motifs is 1. The van der Waals surface area contributed by atoms with Crippen molar-refractivity contribution in [2.24, 2.45) is 0 Å². The second kappa shape index (κ2) is 9.60. The Labute approximate surface area is 202 Å². The number of nitrogens with one attached hydrogen (secondary N) is 1. The van der Waals surface area contributed by atoms with Crippen LogP contribution in [-0.2, 0) is 21.5 Å². The molecular weight excluding hydrogens is 449 g/mol. The maximum atomic E-state index is 14.9. The summed E-state index contributed by atoms with van der Waals surface area (Å²) in [5.74, 6) is -0.549. The number of pyridine rings is 1. The number of ether oxygens (including phenoxy) is 1. The maximum absolute atomic E-state index is 14.9. The maximum Gasteiger partial charge on any atom is 0.307 e. The lowest BCUT2D eigenvalue weighted by Crippen LogP contribution is -2.19. The molecule has 7 heteroatoms. The lowest BCUT2D eigenvalue weighted by atomic mass is 9.92. The van der Waals surface area contributed by atoms with Crippen LogP contribution in [0.1, 0.15) is 43.0 Å². The van der Waals surface area contributed by atoms with Crippen LogP contribution in [0.3, 0.4) is 0 Å². The summed E-state index contributed by atoms with van der Waals surface area (Å²) in [6.45, 7) is 3.12. The minimum absolute atomic E-state index is 0.00716. The first kappa shape index (κ1) is 22.6. The molecule has 1 aliphatic carbocycles. The van der Waals surface area contributed by atoms with E-state index in [1.165, 1.54) is 23.0 Å². The zero-order valence-electron chi connectivity index (χ0n) is 19.0. The molecule has 174 valence electrons. The molecule has 34 heavy (non-hydrogen) atoms. The van der Waals surface area contributed by atoms with Gasteiger partial charge in [-0.05, 0) is 55.2 Å². The first-order valence-corrected chi connectivity index (χ1v) is 12.4. The van der Waals surface area contributed by atoms with Gasteiger partial charge >= 0.3 is 5.97 Å². The number of carbonyl (C=O) groups excluding carboxylic acids is 1. The van der Waals surface area contributed by atoms with Gasteiger partial charge in [-0.15, -0.1) is 0 Å². The molecule has 0 radical (unpaired) electrons. The Morgan fingerprint density at radius 1 is 1.12 bits per heavy atom. The van der Waals surface area contributed by atoms with Gasteiger partial charge in [0.25, 0.3) is 0 Å². The summed E-state index contributed by atoms with van der Waals surface area (Å²) in [6.07, 6.45) is 2.47. The van der Waals surface area contributed by atoms with Crippen molar-refractivity contribution in [2.45, 2.75) is 38.1 Å². The van der Waals surface area contributed by atoms with Crippen molar-refractivity contribution in [3.05, 3.63) is 83.3 Å². The van der Waals surface area contributed by atoms with Crippen LogP contribution < -0.4 is 5.32 Å². The van der Waals surface area contributed by atoms with Crippen LogP contribution in [0.15, 0.2) is 60.7 Å². The smallest absolute Gasteiger partial charge is 0.307 e. The fraction of sp³-hybridized carbons (Fsp3) is 0.296. The Morgan fingerprint density at radius 2 is 1.94 bits per heavy atom. The monoisotopic (exact) mass is 475 g/mol. The van der Waals surface area contributed by atoms with Crippen molar-refractivity contribution in [1.82, 2.24) is 15.3 Å². The summed E-state index contributed by atoms with van der Waals surface area (Å²) in [6, 6.07) is 19.7. The number of hydrogen-bond acceptors (Lipinski definition) is 6. The number of rotatable bonds is 9. The number of nitrogens with zero attached hydrogens (tertiary/aromatic N) is 2. The van der Waals surface area contributed by atoms with E-state index in [0.29, 0.717) is 36.7 Å². The molecule has 0 unspecified atom stereocenters. The zero-order chi connectivity index (χ0) is 23.5. The van der Waals surface area contributed by atoms with E-state index in [2.05, 4.69) is 40.6 Å². The van der Waals surface area contributed by atoms with E-state index in [1.54, 1.807) is 13.0 Å². The van der Waals surface area contributed by atoms with Crippen LogP contribution >= 0.6 is 11.3 Å². The molecule has 0 aliphatic heterocycles. The van der Waals surface area contributed by atoms with Crippen LogP contribution in [0.4, 0.5) is 4.39 Å². The number of thiazole rings is 1. The van der Waals surface area contributed by atoms with Gasteiger partial charge in [0.05, 0.1) is 18.7 Å². The molecule has 1 saturated carbocycles. The van der Waals surface area contributed by atoms with Gasteiger partial charge in [0, 0.05) is 24.1 Å². The van der Waals surface area contributed by atoms with Gasteiger partial charge < -0.3 is 10.1 Å². The third-order valence-corrected chi connectivity index (χ3v) is 7.22. The van der Waals surface area contributed by atoms with Crippen LogP contribution in [0, 0.1) is 5.82 Å². The van der Waals surface area contributed by atoms with Gasteiger partial charge in [0.1, 0.15) is 21.2 Å². The van der Waals surface area contributed by atoms with Gasteiger partial charge in [-0.3, -0.25) is 4.79 Å². The Kier molecular flexibility index (Phi) is 6.39. The Morgan fingerprint density at radius 3 is 2.68 bits per heavy atom. The summed E-state index contributed by atoms with van der Waals surface area (Å²) in [4.78, 5) is 21.8. The van der Waals surface area contributed by atoms with Crippen molar-refractivity contribution in [1.29, 1.82) is 0 Å². The van der Waals surface area contributed by atoms with Crippen molar-refractivity contribution in [2.75, 3.05) is 13.2 Å². The highest BCUT2D eigenvalue weighted by atomic mass is 32.1. The molecule has 2 aromatic carbocycles. The molecule has 0 saturated heterocycles. The number of esters is 1. The van der Waals surface area contributed by atoms with Crippen molar-refractivity contribution >= 4 is 27.7 Å². The van der Waals surface area contributed by atoms with Crippen molar-refractivity contribution in [3.63, 3.8) is 0 Å². The second-order valence-electron chi connectivity index (χ2n) is 8.53. The van der Waals surface area contributed by atoms with Crippen molar-refractivity contribution in [3.8, 4) is 10.6 Å². The Bertz CT molecular complexity index is 1320. The highest BCUT2D eigenvalue weighted by Gasteiger charge is 2.47. The molecule has 5 rings (SSSR count). The predicted octanol–water partition coefficient (Wildman–Crippen LogP) is 5.62. The second-order valence-corrected chi connectivity index (χ2v) is 9.51. The zero-order valence-corrected chi connectivity index (χ0v) is 19.8. The van der Waals surface area contributed by atoms with Gasteiger partial charge in [-0.1, -0.05) is 47.7 Å². The number of aromatic nitrogens is 2. The third-order valence-electron chi connectivity index (χ3n) is 6.23. The fourth-order valence-electron chi connectivity index (χ4n) is 4.27. The Balaban J connectivity index is 1.31. The summed E-state index contributed by atoms with van der Waals surface area (Å²) < 4.78 is 19.9. The molecule has 4 aromatic rings. The van der Waals surface area contributed by atoms with E-state index in [0.717, 1.165) is 34.4 Å². The molecule has 1 N–H and O–H groups in total. The topological polar surface area (TPSA) is 64.1 Å². The number of carbonyl (C=O) groups is 1. The quantitative estimate of drug-likeness (QED) is 0.251. The number of benzene rings is 2. The summed E-state index contributed by atoms with van der Waals surface area (Å²) in [5.41, 5.74) is 4.42. The molecule has 2 aromatic heterocycles. The summed E-state index contributed by atoms with van der Waals surface area (Å²) in [5, 5.41) is 3.78. The normalized spacial score (nSPS) is 14.3. The SMILES string of the molecule is CCOC(=O)CCNCc1ccc(-c2nc3ccc(C4(c5ccccc5)CC4)nc3s2)c(F)c1. The van der Waals surface area contributed by atoms with Crippen molar-refractivity contribution < 1.29 is 13.9 Å². The number of halogens is 1. The third kappa shape index (κ3) is 4.58. The summed E-state index contributed by atoms with van der Waals surface area (Å²) in [7, 11) is 0. The van der Waals surface area contributed by atoms with Gasteiger partial charge in [-0.2, -0.15) is 0 Å². The molecular formula is C27H26FN3O2S. The molecule has 0 atom stereocenters. The van der Waals surface area contributed by atoms with E-state index >= 15 is 0 Å². The van der Waals surface area contributed by atoms with Gasteiger partial charge in [0.2, 0.25) is 0 Å². The van der Waals surface area contributed by atoms with Gasteiger partial charge in [-0.25, -0.2) is 14.4 Å². The molecule has 2 heterocycles. The number of hydrogen-bond donors (Lipinski definition) is 1.